The Morgan fingerprint density at radius 1 is 1.30 bits per heavy atom. The second-order valence-electron chi connectivity index (χ2n) is 6.65. The summed E-state index contributed by atoms with van der Waals surface area (Å²) in [7, 11) is 0. The van der Waals surface area contributed by atoms with Crippen LogP contribution in [0.2, 0.25) is 0 Å². The van der Waals surface area contributed by atoms with E-state index in [0.717, 1.165) is 56.5 Å². The molecular formula is C18H25BrN2O2. The van der Waals surface area contributed by atoms with Crippen molar-refractivity contribution in [1.29, 1.82) is 0 Å². The first-order valence-electron chi connectivity index (χ1n) is 8.52. The molecule has 5 heteroatoms. The van der Waals surface area contributed by atoms with Crippen molar-refractivity contribution in [3.8, 4) is 0 Å². The van der Waals surface area contributed by atoms with Gasteiger partial charge in [0.25, 0.3) is 0 Å². The summed E-state index contributed by atoms with van der Waals surface area (Å²) in [4.78, 5) is 12.5. The predicted molar refractivity (Wildman–Crippen MR) is 94.5 cm³/mol. The van der Waals surface area contributed by atoms with E-state index in [1.807, 2.05) is 6.07 Å². The van der Waals surface area contributed by atoms with Gasteiger partial charge >= 0.3 is 0 Å². The molecule has 2 saturated heterocycles. The quantitative estimate of drug-likeness (QED) is 0.843. The van der Waals surface area contributed by atoms with Gasteiger partial charge in [0.2, 0.25) is 5.91 Å². The van der Waals surface area contributed by atoms with Gasteiger partial charge in [0.05, 0.1) is 0 Å². The van der Waals surface area contributed by atoms with Gasteiger partial charge in [-0.15, -0.1) is 0 Å². The summed E-state index contributed by atoms with van der Waals surface area (Å²) in [5.74, 6) is 0.378. The molecule has 4 nitrogen and oxygen atoms in total. The van der Waals surface area contributed by atoms with E-state index < -0.39 is 0 Å². The van der Waals surface area contributed by atoms with E-state index in [0.29, 0.717) is 6.54 Å². The number of piperidine rings is 1. The molecule has 0 unspecified atom stereocenters. The molecule has 0 aliphatic carbocycles. The Morgan fingerprint density at radius 3 is 2.74 bits per heavy atom. The third kappa shape index (κ3) is 4.14. The minimum absolute atomic E-state index is 0.00932. The highest BCUT2D eigenvalue weighted by molar-refractivity contribution is 9.10. The second kappa shape index (κ2) is 7.77. The minimum Gasteiger partial charge on any atom is -0.381 e. The fourth-order valence-electron chi connectivity index (χ4n) is 3.63. The van der Waals surface area contributed by atoms with Gasteiger partial charge in [0.15, 0.2) is 0 Å². The molecule has 2 heterocycles. The van der Waals surface area contributed by atoms with Gasteiger partial charge < -0.3 is 15.4 Å². The Bertz CT molecular complexity index is 538. The first-order chi connectivity index (χ1) is 11.2. The van der Waals surface area contributed by atoms with Crippen molar-refractivity contribution in [1.82, 2.24) is 10.6 Å². The summed E-state index contributed by atoms with van der Waals surface area (Å²) in [5, 5.41) is 6.56. The number of hydrogen-bond acceptors (Lipinski definition) is 3. The smallest absolute Gasteiger partial charge is 0.223 e. The van der Waals surface area contributed by atoms with Gasteiger partial charge in [-0.2, -0.15) is 0 Å². The van der Waals surface area contributed by atoms with Crippen LogP contribution < -0.4 is 10.6 Å². The largest absolute Gasteiger partial charge is 0.381 e. The van der Waals surface area contributed by atoms with Crippen LogP contribution in [0, 0.1) is 5.92 Å². The lowest BCUT2D eigenvalue weighted by Crippen LogP contribution is -2.47. The van der Waals surface area contributed by atoms with Gasteiger partial charge in [-0.1, -0.05) is 28.1 Å². The van der Waals surface area contributed by atoms with Crippen molar-refractivity contribution in [2.24, 2.45) is 5.92 Å². The number of nitrogens with one attached hydrogen (secondary N) is 2. The number of ether oxygens (including phenoxy) is 1. The van der Waals surface area contributed by atoms with Crippen LogP contribution in [0.25, 0.3) is 0 Å². The fourth-order valence-corrected chi connectivity index (χ4v) is 4.03. The molecule has 2 N–H and O–H groups in total. The summed E-state index contributed by atoms with van der Waals surface area (Å²) in [5.41, 5.74) is 1.28. The predicted octanol–water partition coefficient (Wildman–Crippen LogP) is 2.61. The van der Waals surface area contributed by atoms with Crippen molar-refractivity contribution in [2.45, 2.75) is 31.1 Å². The summed E-state index contributed by atoms with van der Waals surface area (Å²) in [6, 6.07) is 8.48. The van der Waals surface area contributed by atoms with Crippen LogP contribution in [-0.4, -0.2) is 38.8 Å². The Labute approximate surface area is 146 Å². The van der Waals surface area contributed by atoms with Crippen molar-refractivity contribution in [3.05, 3.63) is 34.3 Å². The number of carbonyl (C=O) groups is 1. The van der Waals surface area contributed by atoms with Crippen LogP contribution in [0.15, 0.2) is 28.7 Å². The Kier molecular flexibility index (Phi) is 5.72. The van der Waals surface area contributed by atoms with E-state index in [1.165, 1.54) is 5.56 Å². The Hall–Kier alpha value is -0.910. The van der Waals surface area contributed by atoms with Gasteiger partial charge in [-0.05, 0) is 56.5 Å². The zero-order valence-corrected chi connectivity index (χ0v) is 15.0. The lowest BCUT2D eigenvalue weighted by atomic mass is 9.74. The third-order valence-corrected chi connectivity index (χ3v) is 5.69. The molecule has 0 radical (unpaired) electrons. The van der Waals surface area contributed by atoms with Crippen LogP contribution >= 0.6 is 15.9 Å². The van der Waals surface area contributed by atoms with E-state index in [-0.39, 0.29) is 17.2 Å². The molecule has 2 fully saturated rings. The van der Waals surface area contributed by atoms with Crippen LogP contribution in [0.4, 0.5) is 0 Å². The molecular weight excluding hydrogens is 356 g/mol. The highest BCUT2D eigenvalue weighted by Gasteiger charge is 2.35. The molecule has 0 aromatic heterocycles. The molecule has 1 aromatic rings. The lowest BCUT2D eigenvalue weighted by Gasteiger charge is -2.38. The van der Waals surface area contributed by atoms with Crippen molar-refractivity contribution in [2.75, 3.05) is 32.8 Å². The summed E-state index contributed by atoms with van der Waals surface area (Å²) < 4.78 is 6.66. The highest BCUT2D eigenvalue weighted by Crippen LogP contribution is 2.35. The molecule has 2 aliphatic heterocycles. The van der Waals surface area contributed by atoms with Crippen molar-refractivity contribution in [3.63, 3.8) is 0 Å². The number of carbonyl (C=O) groups excluding carboxylic acids is 1. The first-order valence-corrected chi connectivity index (χ1v) is 9.31. The molecule has 126 valence electrons. The first kappa shape index (κ1) is 16.9. The van der Waals surface area contributed by atoms with Crippen LogP contribution in [-0.2, 0) is 14.9 Å². The van der Waals surface area contributed by atoms with E-state index >= 15 is 0 Å². The van der Waals surface area contributed by atoms with Crippen molar-refractivity contribution < 1.29 is 9.53 Å². The minimum atomic E-state index is -0.00932. The van der Waals surface area contributed by atoms with E-state index in [2.05, 4.69) is 44.8 Å². The molecule has 0 saturated carbocycles. The van der Waals surface area contributed by atoms with E-state index in [1.54, 1.807) is 0 Å². The molecule has 3 rings (SSSR count). The maximum absolute atomic E-state index is 12.5. The number of rotatable bonds is 4. The average Bonchev–Trinajstić information content (AvgIpc) is 2.61. The number of benzene rings is 1. The molecule has 2 aliphatic rings. The maximum Gasteiger partial charge on any atom is 0.223 e. The van der Waals surface area contributed by atoms with Crippen LogP contribution in [0.5, 0.6) is 0 Å². The molecule has 1 amide bonds. The second-order valence-corrected chi connectivity index (χ2v) is 7.56. The summed E-state index contributed by atoms with van der Waals surface area (Å²) in [6.07, 6.45) is 3.80. The molecule has 0 bridgehead atoms. The number of hydrogen-bond donors (Lipinski definition) is 2. The van der Waals surface area contributed by atoms with Gasteiger partial charge in [-0.25, -0.2) is 0 Å². The third-order valence-electron chi connectivity index (χ3n) is 5.20. The SMILES string of the molecule is O=C(NCC1(c2cccc(Br)c2)CCOCC1)C1CCNCC1. The van der Waals surface area contributed by atoms with Crippen LogP contribution in [0.3, 0.4) is 0 Å². The zero-order chi connectivity index (χ0) is 16.1. The standard InChI is InChI=1S/C18H25BrN2O2/c19-16-3-1-2-15(12-16)18(6-10-23-11-7-18)13-21-17(22)14-4-8-20-9-5-14/h1-3,12,14,20H,4-11,13H2,(H,21,22). The maximum atomic E-state index is 12.5. The molecule has 0 spiro atoms. The summed E-state index contributed by atoms with van der Waals surface area (Å²) in [6.45, 7) is 4.12. The van der Waals surface area contributed by atoms with E-state index in [9.17, 15) is 4.79 Å². The number of amides is 1. The lowest BCUT2D eigenvalue weighted by molar-refractivity contribution is -0.126. The van der Waals surface area contributed by atoms with E-state index in [4.69, 9.17) is 4.74 Å². The van der Waals surface area contributed by atoms with Gasteiger partial charge in [0.1, 0.15) is 0 Å². The number of halogens is 1. The van der Waals surface area contributed by atoms with Gasteiger partial charge in [-0.3, -0.25) is 4.79 Å². The molecule has 1 aromatic carbocycles. The Balaban J connectivity index is 1.70. The van der Waals surface area contributed by atoms with Crippen LogP contribution in [0.1, 0.15) is 31.2 Å². The van der Waals surface area contributed by atoms with Crippen molar-refractivity contribution >= 4 is 21.8 Å². The normalized spacial score (nSPS) is 21.8. The monoisotopic (exact) mass is 380 g/mol. The van der Waals surface area contributed by atoms with Gasteiger partial charge in [0, 0.05) is 35.6 Å². The topological polar surface area (TPSA) is 50.4 Å². The highest BCUT2D eigenvalue weighted by atomic mass is 79.9. The molecule has 23 heavy (non-hydrogen) atoms. The zero-order valence-electron chi connectivity index (χ0n) is 13.4. The Morgan fingerprint density at radius 2 is 2.04 bits per heavy atom. The summed E-state index contributed by atoms with van der Waals surface area (Å²) >= 11 is 3.57. The average molecular weight is 381 g/mol. The fraction of sp³-hybridized carbons (Fsp3) is 0.611. The molecule has 0 atom stereocenters.